The van der Waals surface area contributed by atoms with E-state index in [-0.39, 0.29) is 0 Å². The minimum Gasteiger partial charge on any atom is -0.355 e. The second-order valence-corrected chi connectivity index (χ2v) is 7.35. The van der Waals surface area contributed by atoms with Crippen molar-refractivity contribution in [3.8, 4) is 0 Å². The Hall–Kier alpha value is -0.530. The Kier molecular flexibility index (Phi) is 5.92. The molecule has 1 aliphatic carbocycles. The lowest BCUT2D eigenvalue weighted by Crippen LogP contribution is -2.52. The number of hydrogen-bond acceptors (Lipinski definition) is 1. The highest BCUT2D eigenvalue weighted by Crippen LogP contribution is 2.35. The van der Waals surface area contributed by atoms with Gasteiger partial charge in [-0.25, -0.2) is 0 Å². The third kappa shape index (κ3) is 3.99. The van der Waals surface area contributed by atoms with Crippen LogP contribution in [0.4, 0.5) is 0 Å². The highest BCUT2D eigenvalue weighted by Gasteiger charge is 2.35. The van der Waals surface area contributed by atoms with Crippen LogP contribution >= 0.6 is 0 Å². The third-order valence-corrected chi connectivity index (χ3v) is 4.98. The Morgan fingerprint density at radius 2 is 1.55 bits per heavy atom. The highest BCUT2D eigenvalue weighted by atomic mass is 15.2. The summed E-state index contributed by atoms with van der Waals surface area (Å²) >= 11 is 0. The minimum atomic E-state index is 0.430. The van der Waals surface area contributed by atoms with Crippen molar-refractivity contribution in [2.45, 2.75) is 104 Å². The van der Waals surface area contributed by atoms with E-state index in [0.29, 0.717) is 12.1 Å². The van der Waals surface area contributed by atoms with Crippen molar-refractivity contribution < 1.29 is 0 Å². The first-order valence-corrected chi connectivity index (χ1v) is 8.94. The smallest absolute Gasteiger partial charge is 0.0997 e. The van der Waals surface area contributed by atoms with Crippen molar-refractivity contribution in [2.75, 3.05) is 0 Å². The monoisotopic (exact) mass is 278 g/mol. The van der Waals surface area contributed by atoms with Gasteiger partial charge in [-0.3, -0.25) is 4.99 Å². The Morgan fingerprint density at radius 1 is 0.900 bits per heavy atom. The lowest BCUT2D eigenvalue weighted by molar-refractivity contribution is 0.139. The van der Waals surface area contributed by atoms with Crippen molar-refractivity contribution in [2.24, 2.45) is 10.9 Å². The molecule has 2 nitrogen and oxygen atoms in total. The maximum atomic E-state index is 4.95. The summed E-state index contributed by atoms with van der Waals surface area (Å²) in [6.45, 7) is 9.12. The first-order valence-electron chi connectivity index (χ1n) is 8.94. The van der Waals surface area contributed by atoms with E-state index in [4.69, 9.17) is 4.99 Å². The molecule has 1 heterocycles. The van der Waals surface area contributed by atoms with Crippen molar-refractivity contribution in [3.63, 3.8) is 0 Å². The van der Waals surface area contributed by atoms with E-state index in [0.717, 1.165) is 12.0 Å². The number of amidine groups is 1. The van der Waals surface area contributed by atoms with E-state index in [9.17, 15) is 0 Å². The molecule has 0 radical (unpaired) electrons. The molecule has 0 amide bonds. The topological polar surface area (TPSA) is 15.6 Å². The molecule has 1 saturated heterocycles. The first-order chi connectivity index (χ1) is 9.59. The van der Waals surface area contributed by atoms with Crippen LogP contribution in [0.1, 0.15) is 85.5 Å². The number of aliphatic imine (C=N–C) groups is 1. The Balaban J connectivity index is 2.19. The van der Waals surface area contributed by atoms with Crippen LogP contribution in [0.15, 0.2) is 4.99 Å². The molecule has 2 aliphatic rings. The molecular weight excluding hydrogens is 244 g/mol. The van der Waals surface area contributed by atoms with E-state index in [2.05, 4.69) is 32.6 Å². The van der Waals surface area contributed by atoms with E-state index >= 15 is 0 Å². The summed E-state index contributed by atoms with van der Waals surface area (Å²) in [7, 11) is 0. The fraction of sp³-hybridized carbons (Fsp3) is 0.944. The summed E-state index contributed by atoms with van der Waals surface area (Å²) in [6, 6.07) is 1.79. The third-order valence-electron chi connectivity index (χ3n) is 4.98. The van der Waals surface area contributed by atoms with Crippen LogP contribution in [0.3, 0.4) is 0 Å². The number of piperidine rings is 1. The Labute approximate surface area is 126 Å². The van der Waals surface area contributed by atoms with Crippen molar-refractivity contribution in [3.05, 3.63) is 0 Å². The Morgan fingerprint density at radius 3 is 2.20 bits per heavy atom. The van der Waals surface area contributed by atoms with Gasteiger partial charge in [0.2, 0.25) is 0 Å². The molecule has 116 valence electrons. The van der Waals surface area contributed by atoms with Crippen LogP contribution in [0.5, 0.6) is 0 Å². The molecule has 0 N–H and O–H groups in total. The molecule has 2 heteroatoms. The first kappa shape index (κ1) is 15.9. The van der Waals surface area contributed by atoms with Crippen LogP contribution in [0.25, 0.3) is 0 Å². The van der Waals surface area contributed by atoms with Crippen LogP contribution < -0.4 is 0 Å². The molecule has 0 bridgehead atoms. The molecule has 2 rings (SSSR count). The summed E-state index contributed by atoms with van der Waals surface area (Å²) in [6.07, 6.45) is 12.6. The maximum Gasteiger partial charge on any atom is 0.0997 e. The number of likely N-dealkylation sites (tertiary alicyclic amines) is 1. The average Bonchev–Trinajstić information content (AvgIpc) is 2.48. The van der Waals surface area contributed by atoms with Crippen molar-refractivity contribution in [1.82, 2.24) is 4.90 Å². The molecule has 1 saturated carbocycles. The molecule has 1 aliphatic heterocycles. The SMILES string of the molecule is CC(C)/N=C1/CCC2CCCCCCCC2N1C(C)C. The van der Waals surface area contributed by atoms with Crippen LogP contribution in [0, 0.1) is 5.92 Å². The fourth-order valence-corrected chi connectivity index (χ4v) is 4.17. The summed E-state index contributed by atoms with van der Waals surface area (Å²) in [5.74, 6) is 2.32. The van der Waals surface area contributed by atoms with E-state index in [1.807, 2.05) is 0 Å². The number of rotatable bonds is 2. The van der Waals surface area contributed by atoms with Crippen LogP contribution in [-0.4, -0.2) is 28.9 Å². The van der Waals surface area contributed by atoms with Gasteiger partial charge in [-0.05, 0) is 52.9 Å². The molecule has 2 unspecified atom stereocenters. The van der Waals surface area contributed by atoms with Gasteiger partial charge in [-0.1, -0.05) is 32.1 Å². The van der Waals surface area contributed by atoms with Gasteiger partial charge in [0.1, 0.15) is 0 Å². The molecular formula is C18H34N2. The lowest BCUT2D eigenvalue weighted by Gasteiger charge is -2.46. The normalized spacial score (nSPS) is 31.1. The summed E-state index contributed by atoms with van der Waals surface area (Å²) in [4.78, 5) is 7.64. The lowest BCUT2D eigenvalue weighted by atomic mass is 9.82. The van der Waals surface area contributed by atoms with Crippen LogP contribution in [-0.2, 0) is 0 Å². The molecule has 0 aromatic heterocycles. The summed E-state index contributed by atoms with van der Waals surface area (Å²) in [5.41, 5.74) is 0. The van der Waals surface area contributed by atoms with Gasteiger partial charge in [-0.15, -0.1) is 0 Å². The van der Waals surface area contributed by atoms with Gasteiger partial charge < -0.3 is 4.90 Å². The largest absolute Gasteiger partial charge is 0.355 e. The highest BCUT2D eigenvalue weighted by molar-refractivity contribution is 5.84. The molecule has 0 aromatic rings. The molecule has 2 atom stereocenters. The van der Waals surface area contributed by atoms with Gasteiger partial charge in [-0.2, -0.15) is 0 Å². The second kappa shape index (κ2) is 7.47. The zero-order chi connectivity index (χ0) is 14.5. The van der Waals surface area contributed by atoms with Gasteiger partial charge in [0, 0.05) is 24.5 Å². The average molecular weight is 278 g/mol. The molecule has 0 spiro atoms. The van der Waals surface area contributed by atoms with Gasteiger partial charge in [0.05, 0.1) is 5.84 Å². The van der Waals surface area contributed by atoms with Crippen molar-refractivity contribution >= 4 is 5.84 Å². The Bertz CT molecular complexity index is 319. The fourth-order valence-electron chi connectivity index (χ4n) is 4.17. The van der Waals surface area contributed by atoms with Gasteiger partial charge in [0.15, 0.2) is 0 Å². The number of nitrogens with zero attached hydrogens (tertiary/aromatic N) is 2. The second-order valence-electron chi connectivity index (χ2n) is 7.35. The summed E-state index contributed by atoms with van der Waals surface area (Å²) in [5, 5.41) is 0. The van der Waals surface area contributed by atoms with E-state index in [1.54, 1.807) is 0 Å². The standard InChI is InChI=1S/C18H34N2/c1-14(2)19-18-13-12-16-10-8-6-5-7-9-11-17(16)20(18)15(3)4/h14-17H,5-13H2,1-4H3/b19-18-. The van der Waals surface area contributed by atoms with E-state index in [1.165, 1.54) is 63.6 Å². The summed E-state index contributed by atoms with van der Waals surface area (Å²) < 4.78 is 0. The molecule has 2 fully saturated rings. The predicted molar refractivity (Wildman–Crippen MR) is 88.4 cm³/mol. The van der Waals surface area contributed by atoms with Crippen molar-refractivity contribution in [1.29, 1.82) is 0 Å². The quantitative estimate of drug-likeness (QED) is 0.692. The zero-order valence-electron chi connectivity index (χ0n) is 14.1. The van der Waals surface area contributed by atoms with Gasteiger partial charge >= 0.3 is 0 Å². The predicted octanol–water partition coefficient (Wildman–Crippen LogP) is 5.03. The maximum absolute atomic E-state index is 4.95. The number of fused-ring (bicyclic) bond motifs is 1. The molecule has 20 heavy (non-hydrogen) atoms. The van der Waals surface area contributed by atoms with E-state index < -0.39 is 0 Å². The molecule has 0 aromatic carbocycles. The van der Waals surface area contributed by atoms with Crippen LogP contribution in [0.2, 0.25) is 0 Å². The number of hydrogen-bond donors (Lipinski definition) is 0. The van der Waals surface area contributed by atoms with Gasteiger partial charge in [0.25, 0.3) is 0 Å². The zero-order valence-corrected chi connectivity index (χ0v) is 14.1. The minimum absolute atomic E-state index is 0.430.